The number of carbonyl (C=O) groups excluding carboxylic acids is 2. The third-order valence-electron chi connectivity index (χ3n) is 5.76. The molecule has 0 aliphatic rings. The van der Waals surface area contributed by atoms with Gasteiger partial charge in [-0.2, -0.15) is 0 Å². The van der Waals surface area contributed by atoms with Crippen LogP contribution in [0.5, 0.6) is 0 Å². The molecule has 0 spiro atoms. The maximum atomic E-state index is 12.3. The fourth-order valence-corrected chi connectivity index (χ4v) is 5.25. The van der Waals surface area contributed by atoms with Crippen molar-refractivity contribution in [3.63, 3.8) is 0 Å². The van der Waals surface area contributed by atoms with Gasteiger partial charge in [-0.15, -0.1) is 22.7 Å². The predicted molar refractivity (Wildman–Crippen MR) is 167 cm³/mol. The van der Waals surface area contributed by atoms with Crippen molar-refractivity contribution in [2.24, 2.45) is 5.11 Å². The lowest BCUT2D eigenvalue weighted by Crippen LogP contribution is -2.20. The molecule has 44 heavy (non-hydrogen) atoms. The molecule has 0 aliphatic carbocycles. The van der Waals surface area contributed by atoms with E-state index in [-0.39, 0.29) is 5.69 Å². The maximum Gasteiger partial charge on any atom is 0.326 e. The molecule has 0 fully saturated rings. The number of nitrogens with one attached hydrogen (secondary N) is 2. The number of aryl methyl sites for hydroxylation is 1. The molecule has 0 bridgehead atoms. The van der Waals surface area contributed by atoms with Crippen molar-refractivity contribution in [3.05, 3.63) is 118 Å². The Bertz CT molecular complexity index is 1910. The zero-order valence-corrected chi connectivity index (χ0v) is 24.6. The number of hydrogen-bond donors (Lipinski definition) is 2. The first kappa shape index (κ1) is 29.7. The number of rotatable bonds is 7. The number of hydrogen-bond acceptors (Lipinski definition) is 10. The standard InChI is InChI=1S/C19H17N7OS.C9H5N5OS/c1-13-21-9-10-26(13)11-15-3-2-4-16(22-15)24-19(27)25-17-12-28-18(23-17)14-5-7-20-8-6-14;10-14-13-8(15)7-5-16-9(12-7)6-1-3-11-4-2-6/h2-10,12H,11H2,1H3,(H2,22,24,25,27);1-5H. The van der Waals surface area contributed by atoms with E-state index in [0.29, 0.717) is 23.2 Å². The average Bonchev–Trinajstić information content (AvgIpc) is 3.81. The molecule has 6 rings (SSSR count). The summed E-state index contributed by atoms with van der Waals surface area (Å²) in [5, 5.41) is 13.3. The highest BCUT2D eigenvalue weighted by molar-refractivity contribution is 7.13. The molecule has 6 aromatic heterocycles. The fraction of sp³-hybridized carbons (Fsp3) is 0.0714. The highest BCUT2D eigenvalue weighted by Gasteiger charge is 2.11. The van der Waals surface area contributed by atoms with Crippen LogP contribution >= 0.6 is 22.7 Å². The number of nitrogens with zero attached hydrogens (tertiary/aromatic N) is 10. The van der Waals surface area contributed by atoms with E-state index < -0.39 is 11.9 Å². The van der Waals surface area contributed by atoms with Gasteiger partial charge >= 0.3 is 6.03 Å². The summed E-state index contributed by atoms with van der Waals surface area (Å²) in [6, 6.07) is 12.4. The van der Waals surface area contributed by atoms with Crippen molar-refractivity contribution in [2.45, 2.75) is 13.5 Å². The Morgan fingerprint density at radius 2 is 1.52 bits per heavy atom. The summed E-state index contributed by atoms with van der Waals surface area (Å²) < 4.78 is 1.99. The minimum absolute atomic E-state index is 0.162. The van der Waals surface area contributed by atoms with Crippen molar-refractivity contribution >= 4 is 46.2 Å². The largest absolute Gasteiger partial charge is 0.329 e. The quantitative estimate of drug-likeness (QED) is 0.115. The van der Waals surface area contributed by atoms with Crippen LogP contribution in [0.2, 0.25) is 0 Å². The van der Waals surface area contributed by atoms with Gasteiger partial charge in [0.2, 0.25) is 0 Å². The molecule has 3 amide bonds. The van der Waals surface area contributed by atoms with Crippen LogP contribution in [0.4, 0.5) is 16.4 Å². The van der Waals surface area contributed by atoms with E-state index in [1.54, 1.807) is 59.9 Å². The van der Waals surface area contributed by atoms with E-state index in [4.69, 9.17) is 5.53 Å². The van der Waals surface area contributed by atoms with Gasteiger partial charge in [0.15, 0.2) is 0 Å². The molecule has 0 aromatic carbocycles. The third kappa shape index (κ3) is 7.92. The van der Waals surface area contributed by atoms with Gasteiger partial charge in [-0.25, -0.2) is 24.7 Å². The SMILES string of the molecule is Cc1nccn1Cc1cccc(NC(=O)Nc2csc(-c3ccncc3)n2)n1.[N-]=[N+]=NC(=O)c1csc(-c2ccncc2)n1. The number of azide groups is 1. The lowest BCUT2D eigenvalue weighted by molar-refractivity contribution is 0.0996. The Morgan fingerprint density at radius 1 is 0.864 bits per heavy atom. The van der Waals surface area contributed by atoms with E-state index in [1.807, 2.05) is 42.0 Å². The summed E-state index contributed by atoms with van der Waals surface area (Å²) >= 11 is 2.76. The van der Waals surface area contributed by atoms with Gasteiger partial charge < -0.3 is 4.57 Å². The normalized spacial score (nSPS) is 10.2. The van der Waals surface area contributed by atoms with Gasteiger partial charge in [0.05, 0.1) is 12.2 Å². The van der Waals surface area contributed by atoms with E-state index in [2.05, 4.69) is 50.6 Å². The molecule has 0 saturated heterocycles. The average molecular weight is 623 g/mol. The van der Waals surface area contributed by atoms with E-state index in [9.17, 15) is 9.59 Å². The highest BCUT2D eigenvalue weighted by atomic mass is 32.1. The van der Waals surface area contributed by atoms with Crippen molar-refractivity contribution in [1.82, 2.24) is 34.5 Å². The monoisotopic (exact) mass is 622 g/mol. The Hall–Kier alpha value is -5.83. The van der Waals surface area contributed by atoms with Crippen molar-refractivity contribution < 1.29 is 9.59 Å². The number of pyridine rings is 3. The minimum Gasteiger partial charge on any atom is -0.329 e. The lowest BCUT2D eigenvalue weighted by atomic mass is 10.3. The molecular weight excluding hydrogens is 601 g/mol. The second-order valence-electron chi connectivity index (χ2n) is 8.74. The van der Waals surface area contributed by atoms with Crippen LogP contribution in [-0.2, 0) is 6.54 Å². The molecule has 218 valence electrons. The van der Waals surface area contributed by atoms with Gasteiger partial charge in [0.25, 0.3) is 5.91 Å². The maximum absolute atomic E-state index is 12.3. The van der Waals surface area contributed by atoms with Crippen molar-refractivity contribution in [1.29, 1.82) is 0 Å². The number of urea groups is 1. The zero-order valence-electron chi connectivity index (χ0n) is 23.0. The number of thiazole rings is 2. The summed E-state index contributed by atoms with van der Waals surface area (Å²) in [6.45, 7) is 2.52. The molecule has 6 heterocycles. The second kappa shape index (κ2) is 14.4. The molecule has 0 aliphatic heterocycles. The minimum atomic E-state index is -0.668. The fourth-order valence-electron chi connectivity index (χ4n) is 3.70. The first-order valence-electron chi connectivity index (χ1n) is 12.8. The molecule has 14 nitrogen and oxygen atoms in total. The number of aromatic nitrogens is 7. The molecule has 0 radical (unpaired) electrons. The molecule has 16 heteroatoms. The van der Waals surface area contributed by atoms with Crippen molar-refractivity contribution in [3.8, 4) is 21.1 Å². The molecule has 6 aromatic rings. The predicted octanol–water partition coefficient (Wildman–Crippen LogP) is 6.45. The van der Waals surface area contributed by atoms with Crippen molar-refractivity contribution in [2.75, 3.05) is 10.6 Å². The Morgan fingerprint density at radius 3 is 2.18 bits per heavy atom. The van der Waals surface area contributed by atoms with E-state index in [0.717, 1.165) is 27.7 Å². The molecule has 2 N–H and O–H groups in total. The Labute approximate surface area is 258 Å². The summed E-state index contributed by atoms with van der Waals surface area (Å²) in [4.78, 5) is 51.0. The Balaban J connectivity index is 0.000000204. The molecule has 0 saturated carbocycles. The van der Waals surface area contributed by atoms with Gasteiger partial charge in [-0.05, 0) is 54.0 Å². The van der Waals surface area contributed by atoms with Crippen LogP contribution in [0.15, 0.2) is 95.5 Å². The number of amides is 3. The second-order valence-corrected chi connectivity index (χ2v) is 10.5. The van der Waals surface area contributed by atoms with Gasteiger partial charge in [0, 0.05) is 64.0 Å². The number of carbonyl (C=O) groups is 2. The first-order chi connectivity index (χ1) is 21.5. The number of imidazole rings is 1. The van der Waals surface area contributed by atoms with Crippen LogP contribution in [0.1, 0.15) is 22.0 Å². The zero-order chi connectivity index (χ0) is 30.7. The van der Waals surface area contributed by atoms with Crippen LogP contribution in [0.25, 0.3) is 31.6 Å². The molecule has 0 atom stereocenters. The van der Waals surface area contributed by atoms with Gasteiger partial charge in [-0.3, -0.25) is 25.4 Å². The lowest BCUT2D eigenvalue weighted by Gasteiger charge is -2.08. The third-order valence-corrected chi connectivity index (χ3v) is 7.55. The summed E-state index contributed by atoms with van der Waals surface area (Å²) in [5.41, 5.74) is 10.9. The van der Waals surface area contributed by atoms with E-state index in [1.165, 1.54) is 22.7 Å². The Kier molecular flexibility index (Phi) is 9.69. The van der Waals surface area contributed by atoms with Crippen LogP contribution < -0.4 is 10.6 Å². The molecule has 0 unspecified atom stereocenters. The summed E-state index contributed by atoms with van der Waals surface area (Å²) in [6.07, 6.45) is 10.4. The smallest absolute Gasteiger partial charge is 0.326 e. The van der Waals surface area contributed by atoms with Gasteiger partial charge in [0.1, 0.15) is 33.2 Å². The van der Waals surface area contributed by atoms with Crippen LogP contribution in [0.3, 0.4) is 0 Å². The van der Waals surface area contributed by atoms with Crippen LogP contribution in [0, 0.1) is 6.92 Å². The van der Waals surface area contributed by atoms with Crippen LogP contribution in [-0.4, -0.2) is 46.4 Å². The summed E-state index contributed by atoms with van der Waals surface area (Å²) in [7, 11) is 0. The first-order valence-corrected chi connectivity index (χ1v) is 14.6. The van der Waals surface area contributed by atoms with E-state index >= 15 is 0 Å². The highest BCUT2D eigenvalue weighted by Crippen LogP contribution is 2.25. The molecular formula is C28H22N12O2S2. The van der Waals surface area contributed by atoms with Gasteiger partial charge in [-0.1, -0.05) is 6.07 Å². The number of anilines is 2. The summed E-state index contributed by atoms with van der Waals surface area (Å²) in [5.74, 6) is 1.20. The topological polar surface area (TPSA) is 189 Å².